The zero-order valence-corrected chi connectivity index (χ0v) is 18.6. The summed E-state index contributed by atoms with van der Waals surface area (Å²) < 4.78 is 32.7. The highest BCUT2D eigenvalue weighted by molar-refractivity contribution is 7.91. The van der Waals surface area contributed by atoms with Crippen LogP contribution in [0.15, 0.2) is 52.4 Å². The number of ether oxygens (including phenoxy) is 1. The Labute approximate surface area is 183 Å². The lowest BCUT2D eigenvalue weighted by atomic mass is 10.3. The number of rotatable bonds is 7. The van der Waals surface area contributed by atoms with Gasteiger partial charge in [0, 0.05) is 11.4 Å². The molecule has 0 aliphatic carbocycles. The first-order valence-electron chi connectivity index (χ1n) is 9.01. The van der Waals surface area contributed by atoms with Crippen molar-refractivity contribution in [3.8, 4) is 18.1 Å². The molecule has 0 saturated carbocycles. The standard InChI is InChI=1S/C21H19ClN2O4S2/c1-3-12-24-18-11-8-16(28-2)14-19(18)29-21(24)23-20(25)5-4-13-30(26,27)17-9-6-15(22)7-10-17/h1,6-11,14H,4-5,12-13H2,2H3. The van der Waals surface area contributed by atoms with Gasteiger partial charge in [0.05, 0.1) is 34.5 Å². The Morgan fingerprint density at radius 1 is 1.27 bits per heavy atom. The van der Waals surface area contributed by atoms with E-state index in [9.17, 15) is 13.2 Å². The SMILES string of the molecule is C#CCn1c(=NC(=O)CCCS(=O)(=O)c2ccc(Cl)cc2)sc2cc(OC)ccc21. The van der Waals surface area contributed by atoms with Gasteiger partial charge < -0.3 is 9.30 Å². The van der Waals surface area contributed by atoms with Crippen LogP contribution in [0.3, 0.4) is 0 Å². The van der Waals surface area contributed by atoms with Crippen molar-refractivity contribution in [2.24, 2.45) is 4.99 Å². The van der Waals surface area contributed by atoms with E-state index in [4.69, 9.17) is 22.8 Å². The van der Waals surface area contributed by atoms with E-state index in [0.29, 0.717) is 15.6 Å². The fraction of sp³-hybridized carbons (Fsp3) is 0.238. The highest BCUT2D eigenvalue weighted by atomic mass is 35.5. The van der Waals surface area contributed by atoms with E-state index in [-0.39, 0.29) is 30.0 Å². The number of hydrogen-bond acceptors (Lipinski definition) is 5. The second-order valence-corrected chi connectivity index (χ2v) is 9.95. The first kappa shape index (κ1) is 22.1. The summed E-state index contributed by atoms with van der Waals surface area (Å²) in [4.78, 5) is 17.2. The second kappa shape index (κ2) is 9.47. The van der Waals surface area contributed by atoms with E-state index in [1.165, 1.54) is 35.6 Å². The Bertz CT molecular complexity index is 1280. The number of fused-ring (bicyclic) bond motifs is 1. The van der Waals surface area contributed by atoms with Crippen LogP contribution in [0.2, 0.25) is 5.02 Å². The maximum absolute atomic E-state index is 12.4. The Morgan fingerprint density at radius 3 is 2.67 bits per heavy atom. The van der Waals surface area contributed by atoms with Gasteiger partial charge in [-0.2, -0.15) is 4.99 Å². The molecular formula is C21H19ClN2O4S2. The normalized spacial score (nSPS) is 12.1. The predicted octanol–water partition coefficient (Wildman–Crippen LogP) is 3.68. The number of thiazole rings is 1. The highest BCUT2D eigenvalue weighted by Crippen LogP contribution is 2.23. The van der Waals surface area contributed by atoms with Crippen LogP contribution in [0.1, 0.15) is 12.8 Å². The molecule has 3 aromatic rings. The molecule has 0 radical (unpaired) electrons. The number of nitrogens with zero attached hydrogens (tertiary/aromatic N) is 2. The molecule has 1 heterocycles. The van der Waals surface area contributed by atoms with Crippen LogP contribution in [0.25, 0.3) is 10.2 Å². The monoisotopic (exact) mass is 462 g/mol. The molecule has 156 valence electrons. The van der Waals surface area contributed by atoms with Gasteiger partial charge in [0.25, 0.3) is 0 Å². The molecule has 0 N–H and O–H groups in total. The number of aromatic nitrogens is 1. The van der Waals surface area contributed by atoms with Crippen molar-refractivity contribution in [1.82, 2.24) is 4.57 Å². The first-order chi connectivity index (χ1) is 14.3. The van der Waals surface area contributed by atoms with E-state index in [0.717, 1.165) is 10.2 Å². The summed E-state index contributed by atoms with van der Waals surface area (Å²) in [5, 5.41) is 0.462. The van der Waals surface area contributed by atoms with E-state index in [2.05, 4.69) is 10.9 Å². The van der Waals surface area contributed by atoms with Crippen LogP contribution in [0.5, 0.6) is 5.75 Å². The van der Waals surface area contributed by atoms with Gasteiger partial charge in [-0.25, -0.2) is 8.42 Å². The lowest BCUT2D eigenvalue weighted by molar-refractivity contribution is -0.118. The summed E-state index contributed by atoms with van der Waals surface area (Å²) in [6.45, 7) is 0.267. The predicted molar refractivity (Wildman–Crippen MR) is 119 cm³/mol. The Kier molecular flexibility index (Phi) is 6.98. The maximum atomic E-state index is 12.4. The van der Waals surface area contributed by atoms with Gasteiger partial charge in [0.2, 0.25) is 5.91 Å². The fourth-order valence-electron chi connectivity index (χ4n) is 2.85. The third-order valence-corrected chi connectivity index (χ3v) is 7.45. The van der Waals surface area contributed by atoms with E-state index in [1.54, 1.807) is 11.7 Å². The Morgan fingerprint density at radius 2 is 2.00 bits per heavy atom. The van der Waals surface area contributed by atoms with Crippen molar-refractivity contribution in [2.45, 2.75) is 24.3 Å². The fourth-order valence-corrected chi connectivity index (χ4v) is 5.36. The maximum Gasteiger partial charge on any atom is 0.248 e. The van der Waals surface area contributed by atoms with Gasteiger partial charge in [0.15, 0.2) is 14.6 Å². The molecule has 9 heteroatoms. The largest absolute Gasteiger partial charge is 0.497 e. The second-order valence-electron chi connectivity index (χ2n) is 6.39. The average Bonchev–Trinajstić information content (AvgIpc) is 3.04. The molecule has 30 heavy (non-hydrogen) atoms. The molecular weight excluding hydrogens is 444 g/mol. The van der Waals surface area contributed by atoms with Crippen LogP contribution in [-0.2, 0) is 21.2 Å². The van der Waals surface area contributed by atoms with Gasteiger partial charge in [-0.15, -0.1) is 6.42 Å². The minimum atomic E-state index is -3.49. The molecule has 0 bridgehead atoms. The van der Waals surface area contributed by atoms with Gasteiger partial charge in [0.1, 0.15) is 5.75 Å². The topological polar surface area (TPSA) is 77.7 Å². The average molecular weight is 463 g/mol. The molecule has 0 saturated heterocycles. The zero-order chi connectivity index (χ0) is 21.7. The molecule has 1 amide bonds. The number of benzene rings is 2. The summed E-state index contributed by atoms with van der Waals surface area (Å²) in [7, 11) is -1.91. The third kappa shape index (κ3) is 5.11. The summed E-state index contributed by atoms with van der Waals surface area (Å²) in [6.07, 6.45) is 5.65. The van der Waals surface area contributed by atoms with Crippen molar-refractivity contribution in [3.63, 3.8) is 0 Å². The summed E-state index contributed by atoms with van der Waals surface area (Å²) >= 11 is 7.12. The Balaban J connectivity index is 1.76. The lowest BCUT2D eigenvalue weighted by Gasteiger charge is -2.03. The number of carbonyl (C=O) groups is 1. The summed E-state index contributed by atoms with van der Waals surface area (Å²) in [5.41, 5.74) is 0.857. The van der Waals surface area contributed by atoms with E-state index >= 15 is 0 Å². The molecule has 0 spiro atoms. The highest BCUT2D eigenvalue weighted by Gasteiger charge is 2.15. The molecule has 1 aromatic heterocycles. The molecule has 0 aliphatic rings. The van der Waals surface area contributed by atoms with Crippen molar-refractivity contribution in [3.05, 3.63) is 52.3 Å². The first-order valence-corrected chi connectivity index (χ1v) is 11.9. The van der Waals surface area contributed by atoms with Crippen molar-refractivity contribution in [1.29, 1.82) is 0 Å². The number of carbonyl (C=O) groups excluding carboxylic acids is 1. The van der Waals surface area contributed by atoms with Crippen LogP contribution >= 0.6 is 22.9 Å². The van der Waals surface area contributed by atoms with Crippen LogP contribution < -0.4 is 9.54 Å². The quantitative estimate of drug-likeness (QED) is 0.502. The van der Waals surface area contributed by atoms with Crippen LogP contribution in [0, 0.1) is 12.3 Å². The van der Waals surface area contributed by atoms with Gasteiger partial charge in [-0.05, 0) is 48.9 Å². The molecule has 6 nitrogen and oxygen atoms in total. The number of hydrogen-bond donors (Lipinski definition) is 0. The smallest absolute Gasteiger partial charge is 0.248 e. The number of methoxy groups -OCH3 is 1. The number of amides is 1. The molecule has 0 atom stereocenters. The van der Waals surface area contributed by atoms with Crippen molar-refractivity contribution >= 4 is 48.9 Å². The molecule has 3 rings (SSSR count). The minimum absolute atomic E-state index is 0.0143. The summed E-state index contributed by atoms with van der Waals surface area (Å²) in [6, 6.07) is 11.5. The van der Waals surface area contributed by atoms with Gasteiger partial charge in [-0.1, -0.05) is 28.9 Å². The minimum Gasteiger partial charge on any atom is -0.497 e. The van der Waals surface area contributed by atoms with Crippen molar-refractivity contribution in [2.75, 3.05) is 12.9 Å². The van der Waals surface area contributed by atoms with E-state index in [1.807, 2.05) is 18.2 Å². The van der Waals surface area contributed by atoms with Gasteiger partial charge >= 0.3 is 0 Å². The molecule has 0 fully saturated rings. The van der Waals surface area contributed by atoms with E-state index < -0.39 is 15.7 Å². The molecule has 0 aliphatic heterocycles. The number of terminal acetylenes is 1. The van der Waals surface area contributed by atoms with Crippen LogP contribution in [-0.4, -0.2) is 31.8 Å². The van der Waals surface area contributed by atoms with Crippen molar-refractivity contribution < 1.29 is 17.9 Å². The Hall–Kier alpha value is -2.60. The number of sulfone groups is 1. The third-order valence-electron chi connectivity index (χ3n) is 4.34. The van der Waals surface area contributed by atoms with Crippen LogP contribution in [0.4, 0.5) is 0 Å². The summed E-state index contributed by atoms with van der Waals surface area (Å²) in [5.74, 6) is 2.72. The lowest BCUT2D eigenvalue weighted by Crippen LogP contribution is -2.16. The number of halogens is 1. The van der Waals surface area contributed by atoms with Gasteiger partial charge in [-0.3, -0.25) is 4.79 Å². The molecule has 0 unspecified atom stereocenters. The molecule has 2 aromatic carbocycles. The zero-order valence-electron chi connectivity index (χ0n) is 16.2.